The second-order valence-electron chi connectivity index (χ2n) is 4.96. The third-order valence-corrected chi connectivity index (χ3v) is 3.87. The molecule has 0 aliphatic heterocycles. The van der Waals surface area contributed by atoms with Crippen LogP contribution in [0.4, 0.5) is 0 Å². The van der Waals surface area contributed by atoms with Crippen molar-refractivity contribution in [2.45, 2.75) is 13.5 Å². The van der Waals surface area contributed by atoms with Gasteiger partial charge in [0.2, 0.25) is 0 Å². The van der Waals surface area contributed by atoms with Gasteiger partial charge in [0.05, 0.1) is 12.8 Å². The summed E-state index contributed by atoms with van der Waals surface area (Å²) in [5.74, 6) is 0.599. The first-order valence-electron chi connectivity index (χ1n) is 6.63. The minimum Gasteiger partial charge on any atom is -0.467 e. The first kappa shape index (κ1) is 13.8. The fourth-order valence-corrected chi connectivity index (χ4v) is 2.76. The van der Waals surface area contributed by atoms with Crippen molar-refractivity contribution in [1.29, 1.82) is 0 Å². The number of hydrogen-bond acceptors (Lipinski definition) is 2. The zero-order valence-corrected chi connectivity index (χ0v) is 12.6. The number of aryl methyl sites for hydroxylation is 2. The van der Waals surface area contributed by atoms with E-state index in [2.05, 4.69) is 5.32 Å². The van der Waals surface area contributed by atoms with E-state index in [0.29, 0.717) is 17.3 Å². The molecule has 1 aromatic carbocycles. The summed E-state index contributed by atoms with van der Waals surface area (Å²) >= 11 is 6.04. The average Bonchev–Trinajstić information content (AvgIpc) is 3.05. The fraction of sp³-hybridized carbons (Fsp3) is 0.188. The fourth-order valence-electron chi connectivity index (χ4n) is 2.59. The maximum Gasteiger partial charge on any atom is 0.268 e. The van der Waals surface area contributed by atoms with Gasteiger partial charge in [0, 0.05) is 23.0 Å². The molecule has 0 saturated heterocycles. The zero-order chi connectivity index (χ0) is 15.0. The summed E-state index contributed by atoms with van der Waals surface area (Å²) in [4.78, 5) is 12.4. The first-order valence-corrected chi connectivity index (χ1v) is 7.01. The molecule has 1 amide bonds. The van der Waals surface area contributed by atoms with Crippen LogP contribution < -0.4 is 5.32 Å². The molecule has 0 aliphatic rings. The number of halogens is 1. The van der Waals surface area contributed by atoms with Crippen molar-refractivity contribution < 1.29 is 9.21 Å². The second kappa shape index (κ2) is 5.30. The lowest BCUT2D eigenvalue weighted by molar-refractivity contribution is 0.0939. The Labute approximate surface area is 127 Å². The molecule has 0 bridgehead atoms. The lowest BCUT2D eigenvalue weighted by Crippen LogP contribution is -2.25. The van der Waals surface area contributed by atoms with E-state index in [4.69, 9.17) is 16.0 Å². The number of nitrogens with zero attached hydrogens (tertiary/aromatic N) is 1. The van der Waals surface area contributed by atoms with Crippen LogP contribution in [-0.2, 0) is 13.6 Å². The molecule has 0 radical (unpaired) electrons. The number of nitrogens with one attached hydrogen (secondary N) is 1. The molecule has 1 N–H and O–H groups in total. The van der Waals surface area contributed by atoms with E-state index >= 15 is 0 Å². The summed E-state index contributed by atoms with van der Waals surface area (Å²) in [5.41, 5.74) is 2.55. The highest BCUT2D eigenvalue weighted by Crippen LogP contribution is 2.27. The molecular formula is C16H15ClN2O2. The second-order valence-corrected chi connectivity index (χ2v) is 5.39. The largest absolute Gasteiger partial charge is 0.467 e. The molecule has 0 spiro atoms. The van der Waals surface area contributed by atoms with Crippen LogP contribution in [0.15, 0.2) is 41.0 Å². The molecule has 4 nitrogen and oxygen atoms in total. The number of rotatable bonds is 3. The summed E-state index contributed by atoms with van der Waals surface area (Å²) in [7, 11) is 1.88. The first-order chi connectivity index (χ1) is 10.1. The molecule has 3 aromatic rings. The highest BCUT2D eigenvalue weighted by atomic mass is 35.5. The molecule has 5 heteroatoms. The van der Waals surface area contributed by atoms with Gasteiger partial charge in [-0.3, -0.25) is 4.79 Å². The van der Waals surface area contributed by atoms with Crippen LogP contribution >= 0.6 is 11.6 Å². The van der Waals surface area contributed by atoms with Gasteiger partial charge >= 0.3 is 0 Å². The molecule has 0 saturated carbocycles. The van der Waals surface area contributed by atoms with Crippen molar-refractivity contribution in [3.63, 3.8) is 0 Å². The number of aromatic nitrogens is 1. The normalized spacial score (nSPS) is 11.0. The standard InChI is InChI=1S/C16H15ClN2O2/c1-10-13-8-11(17)5-6-14(13)19(2)15(10)16(20)18-9-12-4-3-7-21-12/h3-8H,9H2,1-2H3,(H,18,20). The summed E-state index contributed by atoms with van der Waals surface area (Å²) in [6.45, 7) is 2.30. The van der Waals surface area contributed by atoms with E-state index in [9.17, 15) is 4.79 Å². The zero-order valence-electron chi connectivity index (χ0n) is 11.8. The predicted molar refractivity (Wildman–Crippen MR) is 82.5 cm³/mol. The highest BCUT2D eigenvalue weighted by Gasteiger charge is 2.18. The molecule has 0 fully saturated rings. The van der Waals surface area contributed by atoms with Crippen LogP contribution in [0.2, 0.25) is 5.02 Å². The van der Waals surface area contributed by atoms with Crippen LogP contribution in [0.5, 0.6) is 0 Å². The number of furan rings is 1. The minimum atomic E-state index is -0.126. The number of carbonyl (C=O) groups excluding carboxylic acids is 1. The van der Waals surface area contributed by atoms with E-state index < -0.39 is 0 Å². The molecular weight excluding hydrogens is 288 g/mol. The monoisotopic (exact) mass is 302 g/mol. The molecule has 0 atom stereocenters. The van der Waals surface area contributed by atoms with Gasteiger partial charge in [-0.1, -0.05) is 11.6 Å². The van der Waals surface area contributed by atoms with Gasteiger partial charge in [0.1, 0.15) is 11.5 Å². The Morgan fingerprint density at radius 1 is 1.38 bits per heavy atom. The van der Waals surface area contributed by atoms with Gasteiger partial charge in [0.25, 0.3) is 5.91 Å². The van der Waals surface area contributed by atoms with Crippen LogP contribution in [0.3, 0.4) is 0 Å². The van der Waals surface area contributed by atoms with Crippen LogP contribution in [0, 0.1) is 6.92 Å². The van der Waals surface area contributed by atoms with E-state index in [-0.39, 0.29) is 5.91 Å². The Bertz CT molecular complexity index is 803. The molecule has 21 heavy (non-hydrogen) atoms. The number of fused-ring (bicyclic) bond motifs is 1. The van der Waals surface area contributed by atoms with Gasteiger partial charge < -0.3 is 14.3 Å². The number of benzene rings is 1. The van der Waals surface area contributed by atoms with Gasteiger partial charge in [-0.15, -0.1) is 0 Å². The van der Waals surface area contributed by atoms with E-state index in [0.717, 1.165) is 22.2 Å². The van der Waals surface area contributed by atoms with Crippen molar-refractivity contribution >= 4 is 28.4 Å². The third kappa shape index (κ3) is 2.43. The Hall–Kier alpha value is -2.20. The maximum absolute atomic E-state index is 12.4. The Morgan fingerprint density at radius 3 is 2.90 bits per heavy atom. The lowest BCUT2D eigenvalue weighted by atomic mass is 10.1. The number of amides is 1. The topological polar surface area (TPSA) is 47.2 Å². The maximum atomic E-state index is 12.4. The average molecular weight is 303 g/mol. The van der Waals surface area contributed by atoms with Gasteiger partial charge in [-0.05, 0) is 42.8 Å². The number of carbonyl (C=O) groups is 1. The summed E-state index contributed by atoms with van der Waals surface area (Å²) in [5, 5.41) is 4.53. The third-order valence-electron chi connectivity index (χ3n) is 3.63. The van der Waals surface area contributed by atoms with Gasteiger partial charge in [-0.25, -0.2) is 0 Å². The number of hydrogen-bond donors (Lipinski definition) is 1. The lowest BCUT2D eigenvalue weighted by Gasteiger charge is -2.06. The van der Waals surface area contributed by atoms with Gasteiger partial charge in [-0.2, -0.15) is 0 Å². The summed E-state index contributed by atoms with van der Waals surface area (Å²) < 4.78 is 7.10. The Morgan fingerprint density at radius 2 is 2.19 bits per heavy atom. The smallest absolute Gasteiger partial charge is 0.268 e. The van der Waals surface area contributed by atoms with Crippen molar-refractivity contribution in [3.05, 3.63) is 58.6 Å². The highest BCUT2D eigenvalue weighted by molar-refractivity contribution is 6.31. The molecule has 108 valence electrons. The van der Waals surface area contributed by atoms with E-state index in [1.54, 1.807) is 12.3 Å². The minimum absolute atomic E-state index is 0.126. The van der Waals surface area contributed by atoms with Crippen LogP contribution in [0.25, 0.3) is 10.9 Å². The SMILES string of the molecule is Cc1c(C(=O)NCc2ccco2)n(C)c2ccc(Cl)cc12. The Kier molecular flexibility index (Phi) is 3.47. The van der Waals surface area contributed by atoms with Crippen molar-refractivity contribution in [1.82, 2.24) is 9.88 Å². The Balaban J connectivity index is 1.94. The van der Waals surface area contributed by atoms with Crippen LogP contribution in [-0.4, -0.2) is 10.5 Å². The predicted octanol–water partition coefficient (Wildman–Crippen LogP) is 3.66. The van der Waals surface area contributed by atoms with E-state index in [1.165, 1.54) is 0 Å². The summed E-state index contributed by atoms with van der Waals surface area (Å²) in [6, 6.07) is 9.26. The van der Waals surface area contributed by atoms with Crippen LogP contribution in [0.1, 0.15) is 21.8 Å². The molecule has 2 aromatic heterocycles. The quantitative estimate of drug-likeness (QED) is 0.802. The van der Waals surface area contributed by atoms with E-state index in [1.807, 2.05) is 42.8 Å². The molecule has 3 rings (SSSR count). The summed E-state index contributed by atoms with van der Waals surface area (Å²) in [6.07, 6.45) is 1.59. The van der Waals surface area contributed by atoms with Crippen molar-refractivity contribution in [3.8, 4) is 0 Å². The van der Waals surface area contributed by atoms with Crippen molar-refractivity contribution in [2.24, 2.45) is 7.05 Å². The molecule has 0 aliphatic carbocycles. The van der Waals surface area contributed by atoms with Crippen molar-refractivity contribution in [2.75, 3.05) is 0 Å². The van der Waals surface area contributed by atoms with Gasteiger partial charge in [0.15, 0.2) is 0 Å². The molecule has 0 unspecified atom stereocenters. The molecule has 2 heterocycles.